The monoisotopic (exact) mass is 418 g/mol. The Morgan fingerprint density at radius 3 is 2.52 bits per heavy atom. The van der Waals surface area contributed by atoms with Crippen molar-refractivity contribution >= 4 is 5.91 Å². The Balaban J connectivity index is 1.28. The van der Waals surface area contributed by atoms with Crippen LogP contribution in [0, 0.1) is 12.8 Å². The van der Waals surface area contributed by atoms with Gasteiger partial charge in [0.25, 0.3) is 0 Å². The van der Waals surface area contributed by atoms with E-state index in [1.54, 1.807) is 0 Å². The van der Waals surface area contributed by atoms with Crippen LogP contribution in [0.4, 0.5) is 0 Å². The highest BCUT2D eigenvalue weighted by Crippen LogP contribution is 2.23. The van der Waals surface area contributed by atoms with Crippen molar-refractivity contribution in [3.63, 3.8) is 0 Å². The lowest BCUT2D eigenvalue weighted by Crippen LogP contribution is -2.41. The van der Waals surface area contributed by atoms with Crippen LogP contribution in [0.5, 0.6) is 0 Å². The largest absolute Gasteiger partial charge is 0.349 e. The molecule has 1 atom stereocenters. The van der Waals surface area contributed by atoms with Crippen molar-refractivity contribution < 1.29 is 9.32 Å². The normalized spacial score (nSPS) is 16.2. The van der Waals surface area contributed by atoms with Gasteiger partial charge in [-0.15, -0.1) is 0 Å². The number of aromatic nitrogens is 2. The van der Waals surface area contributed by atoms with Gasteiger partial charge in [0.05, 0.1) is 12.6 Å². The average molecular weight is 419 g/mol. The van der Waals surface area contributed by atoms with Crippen molar-refractivity contribution in [2.24, 2.45) is 5.92 Å². The number of benzene rings is 2. The number of hydrogen-bond donors (Lipinski definition) is 1. The lowest BCUT2D eigenvalue weighted by molar-refractivity contribution is -0.127. The minimum atomic E-state index is 0.0554. The van der Waals surface area contributed by atoms with Gasteiger partial charge in [-0.1, -0.05) is 72.2 Å². The van der Waals surface area contributed by atoms with E-state index < -0.39 is 0 Å². The number of rotatable bonds is 7. The summed E-state index contributed by atoms with van der Waals surface area (Å²) in [6.07, 6.45) is 2.57. The molecule has 1 amide bonds. The van der Waals surface area contributed by atoms with Crippen LogP contribution in [0.15, 0.2) is 59.1 Å². The van der Waals surface area contributed by atoms with E-state index in [2.05, 4.69) is 46.3 Å². The first kappa shape index (κ1) is 21.2. The first-order valence-electron chi connectivity index (χ1n) is 11.1. The zero-order valence-electron chi connectivity index (χ0n) is 18.3. The van der Waals surface area contributed by atoms with Crippen molar-refractivity contribution in [1.82, 2.24) is 20.4 Å². The molecule has 1 N–H and O–H groups in total. The predicted molar refractivity (Wildman–Crippen MR) is 120 cm³/mol. The Morgan fingerprint density at radius 1 is 1.13 bits per heavy atom. The van der Waals surface area contributed by atoms with Gasteiger partial charge < -0.3 is 9.84 Å². The van der Waals surface area contributed by atoms with E-state index in [0.717, 1.165) is 43.5 Å². The Kier molecular flexibility index (Phi) is 6.77. The summed E-state index contributed by atoms with van der Waals surface area (Å²) in [6.45, 7) is 6.48. The zero-order valence-corrected chi connectivity index (χ0v) is 18.3. The summed E-state index contributed by atoms with van der Waals surface area (Å²) in [6, 6.07) is 18.4. The fraction of sp³-hybridized carbons (Fsp3) is 0.400. The summed E-state index contributed by atoms with van der Waals surface area (Å²) in [4.78, 5) is 19.6. The molecule has 6 nitrogen and oxygen atoms in total. The highest BCUT2D eigenvalue weighted by molar-refractivity contribution is 5.79. The molecule has 1 aliphatic rings. The van der Waals surface area contributed by atoms with Gasteiger partial charge in [-0.05, 0) is 44.8 Å². The van der Waals surface area contributed by atoms with Gasteiger partial charge in [0.15, 0.2) is 0 Å². The van der Waals surface area contributed by atoms with Crippen molar-refractivity contribution in [3.05, 3.63) is 71.6 Å². The number of carbonyl (C=O) groups excluding carboxylic acids is 1. The van der Waals surface area contributed by atoms with Crippen LogP contribution in [0.25, 0.3) is 11.4 Å². The molecule has 0 aliphatic carbocycles. The van der Waals surface area contributed by atoms with Gasteiger partial charge in [-0.3, -0.25) is 9.69 Å². The van der Waals surface area contributed by atoms with E-state index in [1.807, 2.05) is 42.5 Å². The van der Waals surface area contributed by atoms with E-state index in [4.69, 9.17) is 4.52 Å². The second-order valence-corrected chi connectivity index (χ2v) is 8.31. The summed E-state index contributed by atoms with van der Waals surface area (Å²) >= 11 is 0. The molecule has 0 spiro atoms. The van der Waals surface area contributed by atoms with E-state index >= 15 is 0 Å². The molecule has 3 aromatic rings. The Bertz CT molecular complexity index is 976. The van der Waals surface area contributed by atoms with Crippen LogP contribution < -0.4 is 5.32 Å². The summed E-state index contributed by atoms with van der Waals surface area (Å²) in [5.41, 5.74) is 3.32. The Hall–Kier alpha value is -2.99. The lowest BCUT2D eigenvalue weighted by atomic mass is 9.94. The maximum Gasteiger partial charge on any atom is 0.241 e. The molecule has 1 aliphatic heterocycles. The smallest absolute Gasteiger partial charge is 0.241 e. The Labute approximate surface area is 183 Å². The number of nitrogens with one attached hydrogen (secondary N) is 1. The van der Waals surface area contributed by atoms with Gasteiger partial charge in [-0.2, -0.15) is 4.98 Å². The third-order valence-corrected chi connectivity index (χ3v) is 6.02. The van der Waals surface area contributed by atoms with Crippen LogP contribution in [0.1, 0.15) is 49.2 Å². The molecule has 4 rings (SSSR count). The predicted octanol–water partition coefficient (Wildman–Crippen LogP) is 4.52. The maximum absolute atomic E-state index is 12.8. The number of piperidine rings is 1. The van der Waals surface area contributed by atoms with Crippen molar-refractivity contribution in [3.8, 4) is 11.4 Å². The van der Waals surface area contributed by atoms with Crippen LogP contribution in [-0.4, -0.2) is 34.0 Å². The third-order valence-electron chi connectivity index (χ3n) is 6.02. The summed E-state index contributed by atoms with van der Waals surface area (Å²) in [7, 11) is 0. The minimum Gasteiger partial charge on any atom is -0.349 e. The summed E-state index contributed by atoms with van der Waals surface area (Å²) in [5.74, 6) is 1.46. The molecule has 0 radical (unpaired) electrons. The van der Waals surface area contributed by atoms with Crippen molar-refractivity contribution in [2.45, 2.75) is 45.7 Å². The molecule has 1 unspecified atom stereocenters. The zero-order chi connectivity index (χ0) is 21.6. The van der Waals surface area contributed by atoms with Gasteiger partial charge in [0.1, 0.15) is 0 Å². The third kappa shape index (κ3) is 5.39. The van der Waals surface area contributed by atoms with Gasteiger partial charge in [0.2, 0.25) is 17.6 Å². The van der Waals surface area contributed by atoms with Gasteiger partial charge in [-0.25, -0.2) is 0 Å². The standard InChI is InChI=1S/C25H30N4O2/c1-3-22(19-7-5-4-6-8-19)26-25(30)21-13-15-29(16-14-21)17-23-27-24(28-31-23)20-11-9-18(2)10-12-20/h4-12,21-22H,3,13-17H2,1-2H3,(H,26,30). The average Bonchev–Trinajstić information content (AvgIpc) is 3.27. The lowest BCUT2D eigenvalue weighted by Gasteiger charge is -2.31. The van der Waals surface area contributed by atoms with Crippen LogP contribution in [0.2, 0.25) is 0 Å². The molecule has 6 heteroatoms. The van der Waals surface area contributed by atoms with Crippen LogP contribution in [-0.2, 0) is 11.3 Å². The number of amides is 1. The molecule has 1 aromatic heterocycles. The highest BCUT2D eigenvalue weighted by Gasteiger charge is 2.27. The fourth-order valence-electron chi connectivity index (χ4n) is 4.08. The second kappa shape index (κ2) is 9.88. The number of likely N-dealkylation sites (tertiary alicyclic amines) is 1. The number of hydrogen-bond acceptors (Lipinski definition) is 5. The van der Waals surface area contributed by atoms with Crippen LogP contribution >= 0.6 is 0 Å². The fourth-order valence-corrected chi connectivity index (χ4v) is 4.08. The molecule has 0 bridgehead atoms. The van der Waals surface area contributed by atoms with Crippen molar-refractivity contribution in [1.29, 1.82) is 0 Å². The molecular formula is C25H30N4O2. The summed E-state index contributed by atoms with van der Waals surface area (Å²) in [5, 5.41) is 7.36. The molecular weight excluding hydrogens is 388 g/mol. The first-order valence-corrected chi connectivity index (χ1v) is 11.1. The van der Waals surface area contributed by atoms with Gasteiger partial charge in [0, 0.05) is 11.5 Å². The second-order valence-electron chi connectivity index (χ2n) is 8.31. The quantitative estimate of drug-likeness (QED) is 0.611. The SMILES string of the molecule is CCC(NC(=O)C1CCN(Cc2nc(-c3ccc(C)cc3)no2)CC1)c1ccccc1. The number of carbonyl (C=O) groups is 1. The number of nitrogens with zero attached hydrogens (tertiary/aromatic N) is 3. The minimum absolute atomic E-state index is 0.0554. The number of aryl methyl sites for hydroxylation is 1. The molecule has 2 aromatic carbocycles. The van der Waals surface area contributed by atoms with E-state index in [0.29, 0.717) is 18.3 Å². The topological polar surface area (TPSA) is 71.3 Å². The van der Waals surface area contributed by atoms with E-state index in [1.165, 1.54) is 5.56 Å². The highest BCUT2D eigenvalue weighted by atomic mass is 16.5. The first-order chi connectivity index (χ1) is 15.1. The van der Waals surface area contributed by atoms with E-state index in [-0.39, 0.29) is 17.9 Å². The summed E-state index contributed by atoms with van der Waals surface area (Å²) < 4.78 is 5.46. The van der Waals surface area contributed by atoms with Crippen LogP contribution in [0.3, 0.4) is 0 Å². The molecule has 0 saturated carbocycles. The molecule has 1 fully saturated rings. The van der Waals surface area contributed by atoms with Gasteiger partial charge >= 0.3 is 0 Å². The molecule has 1 saturated heterocycles. The molecule has 162 valence electrons. The Morgan fingerprint density at radius 2 is 1.84 bits per heavy atom. The molecule has 31 heavy (non-hydrogen) atoms. The molecule has 2 heterocycles. The maximum atomic E-state index is 12.8. The van der Waals surface area contributed by atoms with E-state index in [9.17, 15) is 4.79 Å². The van der Waals surface area contributed by atoms with Crippen molar-refractivity contribution in [2.75, 3.05) is 13.1 Å².